The molecule has 1 aromatic heterocycles. The molecule has 2 unspecified atom stereocenters. The molecule has 0 aromatic carbocycles. The zero-order chi connectivity index (χ0) is 19.3. The van der Waals surface area contributed by atoms with Crippen molar-refractivity contribution in [3.8, 4) is 0 Å². The number of hydrogen-bond acceptors (Lipinski definition) is 5. The van der Waals surface area contributed by atoms with E-state index in [1.54, 1.807) is 7.11 Å². The Labute approximate surface area is 157 Å². The maximum absolute atomic E-state index is 12.4. The van der Waals surface area contributed by atoms with E-state index in [9.17, 15) is 4.79 Å². The van der Waals surface area contributed by atoms with Gasteiger partial charge in [-0.15, -0.1) is 0 Å². The standard InChI is InChI=1S/C20H34N4O2/c1-13(2)21-18(25)14-8-7-9-15(10-14)22-17-11-16(12-26-6)23-19(24-17)20(3,4)5/h11,13-15H,7-10,12H2,1-6H3,(H,21,25)(H,22,23,24). The number of rotatable bonds is 6. The average Bonchev–Trinajstić information content (AvgIpc) is 2.54. The molecule has 6 nitrogen and oxygen atoms in total. The van der Waals surface area contributed by atoms with Crippen LogP contribution in [0.25, 0.3) is 0 Å². The molecule has 0 spiro atoms. The Hall–Kier alpha value is -1.69. The van der Waals surface area contributed by atoms with Gasteiger partial charge in [0.05, 0.1) is 12.3 Å². The molecule has 2 rings (SSSR count). The van der Waals surface area contributed by atoms with Crippen molar-refractivity contribution in [1.82, 2.24) is 15.3 Å². The van der Waals surface area contributed by atoms with Crippen LogP contribution in [0.2, 0.25) is 0 Å². The third kappa shape index (κ3) is 5.94. The highest BCUT2D eigenvalue weighted by atomic mass is 16.5. The summed E-state index contributed by atoms with van der Waals surface area (Å²) in [5, 5.41) is 6.59. The first-order valence-corrected chi connectivity index (χ1v) is 9.63. The zero-order valence-electron chi connectivity index (χ0n) is 17.1. The monoisotopic (exact) mass is 362 g/mol. The highest BCUT2D eigenvalue weighted by Crippen LogP contribution is 2.28. The molecule has 1 amide bonds. The summed E-state index contributed by atoms with van der Waals surface area (Å²) in [4.78, 5) is 21.7. The van der Waals surface area contributed by atoms with Gasteiger partial charge in [0.1, 0.15) is 11.6 Å². The Morgan fingerprint density at radius 3 is 2.65 bits per heavy atom. The Balaban J connectivity index is 2.11. The third-order valence-corrected chi connectivity index (χ3v) is 4.57. The van der Waals surface area contributed by atoms with Crippen LogP contribution in [0.15, 0.2) is 6.07 Å². The van der Waals surface area contributed by atoms with Gasteiger partial charge < -0.3 is 15.4 Å². The molecule has 26 heavy (non-hydrogen) atoms. The van der Waals surface area contributed by atoms with Gasteiger partial charge in [-0.05, 0) is 33.1 Å². The maximum atomic E-state index is 12.4. The van der Waals surface area contributed by atoms with Crippen molar-refractivity contribution in [3.05, 3.63) is 17.6 Å². The van der Waals surface area contributed by atoms with Crippen LogP contribution in [0.1, 0.15) is 71.8 Å². The summed E-state index contributed by atoms with van der Waals surface area (Å²) in [5.41, 5.74) is 0.742. The van der Waals surface area contributed by atoms with Gasteiger partial charge in [0.15, 0.2) is 0 Å². The molecule has 1 heterocycles. The zero-order valence-corrected chi connectivity index (χ0v) is 17.1. The Bertz CT molecular complexity index is 610. The lowest BCUT2D eigenvalue weighted by Crippen LogP contribution is -2.40. The molecule has 1 aliphatic carbocycles. The lowest BCUT2D eigenvalue weighted by Gasteiger charge is -2.30. The van der Waals surface area contributed by atoms with Crippen LogP contribution in [-0.2, 0) is 21.6 Å². The molecule has 0 radical (unpaired) electrons. The van der Waals surface area contributed by atoms with E-state index in [2.05, 4.69) is 36.4 Å². The Morgan fingerprint density at radius 1 is 1.31 bits per heavy atom. The normalized spacial score (nSPS) is 20.9. The van der Waals surface area contributed by atoms with E-state index in [4.69, 9.17) is 9.72 Å². The molecular weight excluding hydrogens is 328 g/mol. The van der Waals surface area contributed by atoms with Gasteiger partial charge >= 0.3 is 0 Å². The summed E-state index contributed by atoms with van der Waals surface area (Å²) < 4.78 is 5.26. The second-order valence-electron chi connectivity index (χ2n) is 8.62. The van der Waals surface area contributed by atoms with Crippen molar-refractivity contribution in [2.24, 2.45) is 5.92 Å². The van der Waals surface area contributed by atoms with Crippen molar-refractivity contribution in [2.45, 2.75) is 84.4 Å². The van der Waals surface area contributed by atoms with Crippen LogP contribution in [0.4, 0.5) is 5.82 Å². The lowest BCUT2D eigenvalue weighted by atomic mass is 9.85. The van der Waals surface area contributed by atoms with Crippen LogP contribution in [0.3, 0.4) is 0 Å². The fraction of sp³-hybridized carbons (Fsp3) is 0.750. The first-order chi connectivity index (χ1) is 12.2. The van der Waals surface area contributed by atoms with Crippen LogP contribution >= 0.6 is 0 Å². The van der Waals surface area contributed by atoms with E-state index < -0.39 is 0 Å². The molecule has 146 valence electrons. The minimum absolute atomic E-state index is 0.0750. The van der Waals surface area contributed by atoms with Gasteiger partial charge in [-0.2, -0.15) is 0 Å². The number of nitrogens with zero attached hydrogens (tertiary/aromatic N) is 2. The summed E-state index contributed by atoms with van der Waals surface area (Å²) in [6.45, 7) is 10.8. The highest BCUT2D eigenvalue weighted by molar-refractivity contribution is 5.79. The molecule has 1 aliphatic rings. The minimum atomic E-state index is -0.133. The fourth-order valence-corrected chi connectivity index (χ4v) is 3.30. The number of carbonyl (C=O) groups excluding carboxylic acids is 1. The van der Waals surface area contributed by atoms with Crippen molar-refractivity contribution in [3.63, 3.8) is 0 Å². The average molecular weight is 363 g/mol. The van der Waals surface area contributed by atoms with E-state index in [0.29, 0.717) is 6.61 Å². The summed E-state index contributed by atoms with van der Waals surface area (Å²) in [6.07, 6.45) is 3.91. The van der Waals surface area contributed by atoms with Crippen LogP contribution in [-0.4, -0.2) is 35.1 Å². The van der Waals surface area contributed by atoms with Gasteiger partial charge in [-0.3, -0.25) is 4.79 Å². The molecule has 6 heteroatoms. The minimum Gasteiger partial charge on any atom is -0.378 e. The number of nitrogens with one attached hydrogen (secondary N) is 2. The first-order valence-electron chi connectivity index (χ1n) is 9.63. The predicted octanol–water partition coefficient (Wildman–Crippen LogP) is 3.42. The van der Waals surface area contributed by atoms with Crippen LogP contribution < -0.4 is 10.6 Å². The van der Waals surface area contributed by atoms with Gasteiger partial charge in [-0.25, -0.2) is 9.97 Å². The van der Waals surface area contributed by atoms with E-state index in [1.807, 2.05) is 19.9 Å². The van der Waals surface area contributed by atoms with Gasteiger partial charge in [0.2, 0.25) is 5.91 Å². The summed E-state index contributed by atoms with van der Waals surface area (Å²) >= 11 is 0. The molecule has 1 aromatic rings. The smallest absolute Gasteiger partial charge is 0.223 e. The number of amides is 1. The van der Waals surface area contributed by atoms with Gasteiger partial charge in [0.25, 0.3) is 0 Å². The van der Waals surface area contributed by atoms with Gasteiger partial charge in [0, 0.05) is 36.6 Å². The Morgan fingerprint density at radius 2 is 2.04 bits per heavy atom. The largest absolute Gasteiger partial charge is 0.378 e. The van der Waals surface area contributed by atoms with Gasteiger partial charge in [-0.1, -0.05) is 27.2 Å². The van der Waals surface area contributed by atoms with Crippen molar-refractivity contribution < 1.29 is 9.53 Å². The molecule has 0 aliphatic heterocycles. The van der Waals surface area contributed by atoms with Crippen molar-refractivity contribution in [1.29, 1.82) is 0 Å². The topological polar surface area (TPSA) is 76.1 Å². The third-order valence-electron chi connectivity index (χ3n) is 4.57. The van der Waals surface area contributed by atoms with Crippen LogP contribution in [0.5, 0.6) is 0 Å². The van der Waals surface area contributed by atoms with E-state index >= 15 is 0 Å². The number of hydrogen-bond donors (Lipinski definition) is 2. The number of carbonyl (C=O) groups is 1. The molecular formula is C20H34N4O2. The number of anilines is 1. The number of aromatic nitrogens is 2. The van der Waals surface area contributed by atoms with E-state index in [1.165, 1.54) is 0 Å². The highest BCUT2D eigenvalue weighted by Gasteiger charge is 2.28. The molecule has 2 N–H and O–H groups in total. The second-order valence-corrected chi connectivity index (χ2v) is 8.62. The van der Waals surface area contributed by atoms with Crippen LogP contribution in [0, 0.1) is 5.92 Å². The fourth-order valence-electron chi connectivity index (χ4n) is 3.30. The molecule has 0 bridgehead atoms. The maximum Gasteiger partial charge on any atom is 0.223 e. The Kier molecular flexibility index (Phi) is 6.98. The summed E-state index contributed by atoms with van der Waals surface area (Å²) in [5.74, 6) is 1.88. The molecule has 0 saturated heterocycles. The SMILES string of the molecule is COCc1cc(NC2CCCC(C(=O)NC(C)C)C2)nc(C(C)(C)C)n1. The number of ether oxygens (including phenoxy) is 1. The second kappa shape index (κ2) is 8.80. The lowest BCUT2D eigenvalue weighted by molar-refractivity contribution is -0.126. The van der Waals surface area contributed by atoms with E-state index in [0.717, 1.165) is 43.0 Å². The van der Waals surface area contributed by atoms with Crippen molar-refractivity contribution >= 4 is 11.7 Å². The summed E-state index contributed by atoms with van der Waals surface area (Å²) in [7, 11) is 1.67. The van der Waals surface area contributed by atoms with Crippen molar-refractivity contribution in [2.75, 3.05) is 12.4 Å². The molecule has 1 fully saturated rings. The number of methoxy groups -OCH3 is 1. The molecule has 2 atom stereocenters. The first kappa shape index (κ1) is 20.6. The summed E-state index contributed by atoms with van der Waals surface area (Å²) in [6, 6.07) is 2.39. The molecule has 1 saturated carbocycles. The van der Waals surface area contributed by atoms with E-state index in [-0.39, 0.29) is 29.3 Å². The quantitative estimate of drug-likeness (QED) is 0.811. The predicted molar refractivity (Wildman–Crippen MR) is 104 cm³/mol.